The number of carbonyl (C=O) groups excluding carboxylic acids is 2. The lowest BCUT2D eigenvalue weighted by atomic mass is 9.34. The number of benzene rings is 1. The quantitative estimate of drug-likeness (QED) is 0.0955. The Bertz CT molecular complexity index is 1470. The number of carboxylic acid groups (broad SMARTS) is 1. The van der Waals surface area contributed by atoms with Crippen LogP contribution < -0.4 is 9.47 Å². The van der Waals surface area contributed by atoms with Gasteiger partial charge in [0, 0.05) is 35.8 Å². The fraction of sp³-hybridized carbons (Fsp3) is 0.703. The summed E-state index contributed by atoms with van der Waals surface area (Å²) in [5.74, 6) is -0.254. The third-order valence-corrected chi connectivity index (χ3v) is 13.9. The van der Waals surface area contributed by atoms with Crippen molar-refractivity contribution in [3.05, 3.63) is 34.4 Å². The molecule has 4 aliphatic rings. The van der Waals surface area contributed by atoms with E-state index < -0.39 is 29.6 Å². The molecule has 46 heavy (non-hydrogen) atoms. The van der Waals surface area contributed by atoms with Crippen molar-refractivity contribution in [3.63, 3.8) is 0 Å². The predicted molar refractivity (Wildman–Crippen MR) is 178 cm³/mol. The summed E-state index contributed by atoms with van der Waals surface area (Å²) in [6, 6.07) is 1.93. The zero-order chi connectivity index (χ0) is 34.0. The topological polar surface area (TPSA) is 119 Å². The number of esters is 2. The fourth-order valence-electron chi connectivity index (χ4n) is 9.89. The average Bonchev–Trinajstić information content (AvgIpc) is 2.95. The molecule has 2 unspecified atom stereocenters. The standard InChI is InChI=1S/C37H52O8S/c1-21-30-25(18-26(44-23(3)39)31(21)45-24(4)40)35(7)13-15-37(9)29-20-34(6,32(41)42)11-10-33(29,5)12-14-36(37,8)28(35)19-27(30)46-17-16-43-22(2)38/h18-19,22,27,29,38H,10-17,20H2,1-9H3,(H,41,42)/t22?,27?,29-,33-,34-,35+,36-,37+/m1/s1. The Morgan fingerprint density at radius 1 is 0.978 bits per heavy atom. The van der Waals surface area contributed by atoms with Gasteiger partial charge in [-0.15, -0.1) is 11.8 Å². The second-order valence-electron chi connectivity index (χ2n) is 15.7. The van der Waals surface area contributed by atoms with Gasteiger partial charge < -0.3 is 24.4 Å². The molecule has 3 saturated carbocycles. The molecule has 1 aromatic rings. The van der Waals surface area contributed by atoms with Crippen LogP contribution in [0.5, 0.6) is 11.5 Å². The molecule has 0 spiro atoms. The number of carboxylic acids is 1. The van der Waals surface area contributed by atoms with Crippen LogP contribution in [0.25, 0.3) is 0 Å². The minimum Gasteiger partial charge on any atom is -0.481 e. The zero-order valence-corrected chi connectivity index (χ0v) is 29.8. The summed E-state index contributed by atoms with van der Waals surface area (Å²) >= 11 is 1.72. The molecule has 0 bridgehead atoms. The zero-order valence-electron chi connectivity index (χ0n) is 29.0. The molecule has 4 aliphatic carbocycles. The lowest BCUT2D eigenvalue weighted by Gasteiger charge is -2.70. The van der Waals surface area contributed by atoms with Crippen LogP contribution in [0.3, 0.4) is 0 Å². The normalized spacial score (nSPS) is 37.0. The molecular weight excluding hydrogens is 604 g/mol. The van der Waals surface area contributed by atoms with Crippen molar-refractivity contribution in [2.24, 2.45) is 27.6 Å². The van der Waals surface area contributed by atoms with Gasteiger partial charge in [-0.25, -0.2) is 0 Å². The summed E-state index contributed by atoms with van der Waals surface area (Å²) in [7, 11) is 0. The first-order valence-corrected chi connectivity index (χ1v) is 17.8. The lowest BCUT2D eigenvalue weighted by Crippen LogP contribution is -2.62. The fourth-order valence-corrected chi connectivity index (χ4v) is 11.0. The number of hydrogen-bond acceptors (Lipinski definition) is 8. The van der Waals surface area contributed by atoms with Crippen LogP contribution in [0.4, 0.5) is 0 Å². The summed E-state index contributed by atoms with van der Waals surface area (Å²) in [4.78, 5) is 37.1. The van der Waals surface area contributed by atoms with E-state index in [4.69, 9.17) is 14.2 Å². The van der Waals surface area contributed by atoms with Crippen LogP contribution in [-0.2, 0) is 24.5 Å². The molecule has 0 amide bonds. The number of carbonyl (C=O) groups is 3. The van der Waals surface area contributed by atoms with E-state index in [1.165, 1.54) is 19.4 Å². The summed E-state index contributed by atoms with van der Waals surface area (Å²) in [5.41, 5.74) is 2.96. The largest absolute Gasteiger partial charge is 0.481 e. The van der Waals surface area contributed by atoms with E-state index in [2.05, 4.69) is 33.8 Å². The van der Waals surface area contributed by atoms with E-state index in [1.54, 1.807) is 18.7 Å². The van der Waals surface area contributed by atoms with Crippen molar-refractivity contribution in [3.8, 4) is 11.5 Å². The highest BCUT2D eigenvalue weighted by molar-refractivity contribution is 7.99. The molecule has 1 aromatic carbocycles. The van der Waals surface area contributed by atoms with Gasteiger partial charge in [0.15, 0.2) is 17.8 Å². The molecule has 0 aliphatic heterocycles. The minimum absolute atomic E-state index is 0.0919. The lowest BCUT2D eigenvalue weighted by molar-refractivity contribution is -0.177. The molecule has 8 nitrogen and oxygen atoms in total. The van der Waals surface area contributed by atoms with Crippen molar-refractivity contribution in [1.29, 1.82) is 0 Å². The van der Waals surface area contributed by atoms with Gasteiger partial charge in [0.2, 0.25) is 0 Å². The van der Waals surface area contributed by atoms with Gasteiger partial charge in [0.25, 0.3) is 0 Å². The molecule has 0 aromatic heterocycles. The summed E-state index contributed by atoms with van der Waals surface area (Å²) in [5, 5.41) is 19.9. The van der Waals surface area contributed by atoms with E-state index in [0.717, 1.165) is 48.8 Å². The molecule has 0 radical (unpaired) electrons. The number of aliphatic hydroxyl groups is 1. The van der Waals surface area contributed by atoms with E-state index in [9.17, 15) is 24.6 Å². The van der Waals surface area contributed by atoms with Gasteiger partial charge in [-0.05, 0) is 105 Å². The van der Waals surface area contributed by atoms with E-state index in [0.29, 0.717) is 25.2 Å². The Kier molecular flexibility index (Phi) is 9.09. The van der Waals surface area contributed by atoms with Gasteiger partial charge in [-0.2, -0.15) is 0 Å². The monoisotopic (exact) mass is 656 g/mol. The molecule has 8 atom stereocenters. The number of aliphatic carboxylic acids is 1. The van der Waals surface area contributed by atoms with Crippen LogP contribution in [0.2, 0.25) is 0 Å². The third kappa shape index (κ3) is 5.52. The van der Waals surface area contributed by atoms with Gasteiger partial charge in [0.05, 0.1) is 12.0 Å². The number of thioether (sulfide) groups is 1. The Morgan fingerprint density at radius 3 is 2.24 bits per heavy atom. The predicted octanol–water partition coefficient (Wildman–Crippen LogP) is 7.67. The maximum absolute atomic E-state index is 12.6. The van der Waals surface area contributed by atoms with Crippen LogP contribution in [0.15, 0.2) is 17.7 Å². The highest BCUT2D eigenvalue weighted by Gasteiger charge is 2.67. The summed E-state index contributed by atoms with van der Waals surface area (Å²) < 4.78 is 16.9. The molecule has 0 saturated heterocycles. The van der Waals surface area contributed by atoms with Crippen molar-refractivity contribution in [1.82, 2.24) is 0 Å². The highest BCUT2D eigenvalue weighted by atomic mass is 32.2. The highest BCUT2D eigenvalue weighted by Crippen LogP contribution is 2.75. The van der Waals surface area contributed by atoms with E-state index in [1.807, 2.05) is 19.9 Å². The maximum atomic E-state index is 12.6. The van der Waals surface area contributed by atoms with Gasteiger partial charge >= 0.3 is 17.9 Å². The Balaban J connectivity index is 1.68. The first-order chi connectivity index (χ1) is 21.3. The summed E-state index contributed by atoms with van der Waals surface area (Å²) in [6.07, 6.45) is 7.77. The summed E-state index contributed by atoms with van der Waals surface area (Å²) in [6.45, 7) is 18.1. The molecule has 254 valence electrons. The average molecular weight is 657 g/mol. The first kappa shape index (κ1) is 35.0. The van der Waals surface area contributed by atoms with Crippen molar-refractivity contribution >= 4 is 29.7 Å². The van der Waals surface area contributed by atoms with Crippen LogP contribution in [0.1, 0.15) is 122 Å². The Hall–Kier alpha value is -2.36. The van der Waals surface area contributed by atoms with Gasteiger partial charge in [-0.3, -0.25) is 14.4 Å². The number of fused-ring (bicyclic) bond motifs is 7. The minimum atomic E-state index is -0.856. The van der Waals surface area contributed by atoms with Crippen LogP contribution in [-0.4, -0.2) is 46.8 Å². The van der Waals surface area contributed by atoms with Gasteiger partial charge in [-0.1, -0.05) is 39.3 Å². The van der Waals surface area contributed by atoms with Crippen LogP contribution >= 0.6 is 11.8 Å². The molecular formula is C37H52O8S. The van der Waals surface area contributed by atoms with Gasteiger partial charge in [0.1, 0.15) is 0 Å². The number of aliphatic hydroxyl groups excluding tert-OH is 1. The second-order valence-corrected chi connectivity index (χ2v) is 16.9. The number of ether oxygens (including phenoxy) is 3. The van der Waals surface area contributed by atoms with E-state index in [-0.39, 0.29) is 44.3 Å². The molecule has 5 rings (SSSR count). The van der Waals surface area contributed by atoms with Crippen molar-refractivity contribution in [2.75, 3.05) is 12.4 Å². The van der Waals surface area contributed by atoms with Crippen molar-refractivity contribution in [2.45, 2.75) is 124 Å². The number of rotatable bonds is 8. The molecule has 2 N–H and O–H groups in total. The maximum Gasteiger partial charge on any atom is 0.309 e. The molecule has 9 heteroatoms. The number of hydrogen-bond donors (Lipinski definition) is 2. The van der Waals surface area contributed by atoms with Crippen molar-refractivity contribution < 1.29 is 38.8 Å². The number of allylic oxidation sites excluding steroid dienone is 1. The smallest absolute Gasteiger partial charge is 0.309 e. The Labute approximate surface area is 278 Å². The first-order valence-electron chi connectivity index (χ1n) is 16.7. The Morgan fingerprint density at radius 2 is 1.63 bits per heavy atom. The SMILES string of the molecule is CC(=O)Oc1cc2c(c(C)c1OC(C)=O)C(SCCOC(C)O)C=C1[C@@]2(C)CC[C@@]2(C)[C@@H]3C[C@](C)(C(=O)O)CC[C@]3(C)CC[C@]12C. The third-order valence-electron chi connectivity index (χ3n) is 12.8. The van der Waals surface area contributed by atoms with Crippen LogP contribution in [0, 0.1) is 34.5 Å². The second kappa shape index (κ2) is 12.0. The van der Waals surface area contributed by atoms with E-state index >= 15 is 0 Å². The molecule has 0 heterocycles. The molecule has 3 fully saturated rings.